The second kappa shape index (κ2) is 6.45. The van der Waals surface area contributed by atoms with Crippen LogP contribution in [-0.4, -0.2) is 28.3 Å². The first kappa shape index (κ1) is 11.1. The van der Waals surface area contributed by atoms with Crippen molar-refractivity contribution < 1.29 is 9.84 Å². The predicted octanol–water partition coefficient (Wildman–Crippen LogP) is 1.33. The van der Waals surface area contributed by atoms with Crippen LogP contribution in [0.2, 0.25) is 0 Å². The van der Waals surface area contributed by atoms with Crippen molar-refractivity contribution in [1.82, 2.24) is 9.97 Å². The highest BCUT2D eigenvalue weighted by atomic mass is 16.5. The molecule has 0 amide bonds. The molecule has 0 aliphatic rings. The Balaban J connectivity index is 2.25. The quantitative estimate of drug-likeness (QED) is 0.697. The number of rotatable bonds is 6. The van der Waals surface area contributed by atoms with E-state index in [4.69, 9.17) is 4.74 Å². The maximum atomic E-state index is 9.66. The van der Waals surface area contributed by atoms with Gasteiger partial charge in [-0.05, 0) is 19.8 Å². The van der Waals surface area contributed by atoms with E-state index in [2.05, 4.69) is 9.97 Å². The first-order chi connectivity index (χ1) is 6.84. The highest BCUT2D eigenvalue weighted by Crippen LogP contribution is 2.14. The molecule has 0 spiro atoms. The summed E-state index contributed by atoms with van der Waals surface area (Å²) in [4.78, 5) is 7.92. The standard InChI is InChI=1S/C10H16N2O2/c1-2-14-7-3-4-10(13)9-8-11-5-6-12-9/h5-6,8,10,13H,2-4,7H2,1H3. The van der Waals surface area contributed by atoms with E-state index in [0.29, 0.717) is 18.7 Å². The van der Waals surface area contributed by atoms with Crippen molar-refractivity contribution in [2.45, 2.75) is 25.9 Å². The van der Waals surface area contributed by atoms with Gasteiger partial charge in [0.15, 0.2) is 0 Å². The van der Waals surface area contributed by atoms with Gasteiger partial charge in [0.2, 0.25) is 0 Å². The summed E-state index contributed by atoms with van der Waals surface area (Å²) in [6.45, 7) is 3.37. The largest absolute Gasteiger partial charge is 0.387 e. The SMILES string of the molecule is CCOCCCC(O)c1cnccn1. The maximum absolute atomic E-state index is 9.66. The van der Waals surface area contributed by atoms with Gasteiger partial charge in [0.1, 0.15) is 0 Å². The predicted molar refractivity (Wildman–Crippen MR) is 52.7 cm³/mol. The molecule has 1 heterocycles. The third-order valence-corrected chi connectivity index (χ3v) is 1.89. The van der Waals surface area contributed by atoms with E-state index in [1.807, 2.05) is 6.92 Å². The molecule has 1 aromatic heterocycles. The molecular weight excluding hydrogens is 180 g/mol. The number of nitrogens with zero attached hydrogens (tertiary/aromatic N) is 2. The zero-order valence-electron chi connectivity index (χ0n) is 8.39. The third kappa shape index (κ3) is 3.81. The summed E-state index contributed by atoms with van der Waals surface area (Å²) in [6, 6.07) is 0. The first-order valence-corrected chi connectivity index (χ1v) is 4.86. The molecule has 0 bridgehead atoms. The molecule has 4 nitrogen and oxygen atoms in total. The molecule has 14 heavy (non-hydrogen) atoms. The summed E-state index contributed by atoms with van der Waals surface area (Å²) in [6.07, 6.45) is 5.75. The van der Waals surface area contributed by atoms with Gasteiger partial charge in [0, 0.05) is 25.6 Å². The minimum atomic E-state index is -0.524. The Labute approximate surface area is 84.0 Å². The smallest absolute Gasteiger partial charge is 0.0976 e. The lowest BCUT2D eigenvalue weighted by molar-refractivity contribution is 0.113. The highest BCUT2D eigenvalue weighted by Gasteiger charge is 2.07. The molecule has 0 fully saturated rings. The van der Waals surface area contributed by atoms with Crippen LogP contribution in [0.3, 0.4) is 0 Å². The van der Waals surface area contributed by atoms with Crippen LogP contribution in [-0.2, 0) is 4.74 Å². The molecule has 1 N–H and O–H groups in total. The van der Waals surface area contributed by atoms with Crippen LogP contribution in [0.4, 0.5) is 0 Å². The Morgan fingerprint density at radius 1 is 1.50 bits per heavy atom. The highest BCUT2D eigenvalue weighted by molar-refractivity contribution is 4.98. The molecule has 0 aliphatic carbocycles. The van der Waals surface area contributed by atoms with Crippen molar-refractivity contribution in [3.05, 3.63) is 24.3 Å². The van der Waals surface area contributed by atoms with Crippen molar-refractivity contribution in [2.24, 2.45) is 0 Å². The fourth-order valence-electron chi connectivity index (χ4n) is 1.15. The number of hydrogen-bond acceptors (Lipinski definition) is 4. The number of aliphatic hydroxyl groups excluding tert-OH is 1. The summed E-state index contributed by atoms with van der Waals surface area (Å²) < 4.78 is 5.17. The van der Waals surface area contributed by atoms with Crippen molar-refractivity contribution in [3.8, 4) is 0 Å². The second-order valence-electron chi connectivity index (χ2n) is 2.99. The van der Waals surface area contributed by atoms with Crippen LogP contribution in [0.5, 0.6) is 0 Å². The molecule has 0 saturated heterocycles. The maximum Gasteiger partial charge on any atom is 0.0976 e. The lowest BCUT2D eigenvalue weighted by atomic mass is 10.1. The molecule has 0 aromatic carbocycles. The van der Waals surface area contributed by atoms with Gasteiger partial charge in [-0.15, -0.1) is 0 Å². The van der Waals surface area contributed by atoms with Crippen LogP contribution in [0, 0.1) is 0 Å². The van der Waals surface area contributed by atoms with Crippen molar-refractivity contribution in [3.63, 3.8) is 0 Å². The van der Waals surface area contributed by atoms with Crippen LogP contribution < -0.4 is 0 Å². The lowest BCUT2D eigenvalue weighted by Gasteiger charge is -2.08. The minimum absolute atomic E-state index is 0.524. The fourth-order valence-corrected chi connectivity index (χ4v) is 1.15. The lowest BCUT2D eigenvalue weighted by Crippen LogP contribution is -2.03. The average molecular weight is 196 g/mol. The summed E-state index contributed by atoms with van der Waals surface area (Å²) in [5.74, 6) is 0. The molecule has 78 valence electrons. The molecule has 0 aliphatic heterocycles. The molecule has 0 radical (unpaired) electrons. The zero-order chi connectivity index (χ0) is 10.2. The van der Waals surface area contributed by atoms with Gasteiger partial charge in [-0.3, -0.25) is 9.97 Å². The van der Waals surface area contributed by atoms with Gasteiger partial charge < -0.3 is 9.84 Å². The van der Waals surface area contributed by atoms with Crippen LogP contribution in [0.1, 0.15) is 31.6 Å². The Bertz CT molecular complexity index is 241. The Morgan fingerprint density at radius 2 is 2.36 bits per heavy atom. The van der Waals surface area contributed by atoms with Gasteiger partial charge in [-0.1, -0.05) is 0 Å². The third-order valence-electron chi connectivity index (χ3n) is 1.89. The minimum Gasteiger partial charge on any atom is -0.387 e. The van der Waals surface area contributed by atoms with Gasteiger partial charge in [-0.25, -0.2) is 0 Å². The van der Waals surface area contributed by atoms with Crippen molar-refractivity contribution >= 4 is 0 Å². The number of aromatic nitrogens is 2. The Morgan fingerprint density at radius 3 is 3.00 bits per heavy atom. The average Bonchev–Trinajstić information content (AvgIpc) is 2.25. The van der Waals surface area contributed by atoms with E-state index in [9.17, 15) is 5.11 Å². The normalized spacial score (nSPS) is 12.7. The number of hydrogen-bond donors (Lipinski definition) is 1. The summed E-state index contributed by atoms with van der Waals surface area (Å²) in [7, 11) is 0. The van der Waals surface area contributed by atoms with Crippen molar-refractivity contribution in [1.29, 1.82) is 0 Å². The fraction of sp³-hybridized carbons (Fsp3) is 0.600. The van der Waals surface area contributed by atoms with Crippen LogP contribution >= 0.6 is 0 Å². The molecule has 1 unspecified atom stereocenters. The summed E-state index contributed by atoms with van der Waals surface area (Å²) in [5.41, 5.74) is 0.629. The molecule has 1 aromatic rings. The Kier molecular flexibility index (Phi) is 5.11. The van der Waals surface area contributed by atoms with E-state index in [-0.39, 0.29) is 0 Å². The first-order valence-electron chi connectivity index (χ1n) is 4.86. The van der Waals surface area contributed by atoms with Gasteiger partial charge in [0.25, 0.3) is 0 Å². The topological polar surface area (TPSA) is 55.2 Å². The van der Waals surface area contributed by atoms with Crippen molar-refractivity contribution in [2.75, 3.05) is 13.2 Å². The van der Waals surface area contributed by atoms with E-state index < -0.39 is 6.10 Å². The number of ether oxygens (including phenoxy) is 1. The summed E-state index contributed by atoms with van der Waals surface area (Å²) >= 11 is 0. The molecule has 1 atom stereocenters. The van der Waals surface area contributed by atoms with E-state index in [1.165, 1.54) is 0 Å². The summed E-state index contributed by atoms with van der Waals surface area (Å²) in [5, 5.41) is 9.66. The van der Waals surface area contributed by atoms with Gasteiger partial charge in [-0.2, -0.15) is 0 Å². The Hall–Kier alpha value is -1.00. The van der Waals surface area contributed by atoms with Gasteiger partial charge >= 0.3 is 0 Å². The van der Waals surface area contributed by atoms with E-state index in [1.54, 1.807) is 18.6 Å². The van der Waals surface area contributed by atoms with E-state index in [0.717, 1.165) is 13.0 Å². The van der Waals surface area contributed by atoms with Crippen LogP contribution in [0.15, 0.2) is 18.6 Å². The molecule has 4 heteroatoms. The molecule has 0 saturated carbocycles. The zero-order valence-corrected chi connectivity index (χ0v) is 8.39. The van der Waals surface area contributed by atoms with E-state index >= 15 is 0 Å². The van der Waals surface area contributed by atoms with Crippen LogP contribution in [0.25, 0.3) is 0 Å². The second-order valence-corrected chi connectivity index (χ2v) is 2.99. The number of aliphatic hydroxyl groups is 1. The monoisotopic (exact) mass is 196 g/mol. The van der Waals surface area contributed by atoms with Gasteiger partial charge in [0.05, 0.1) is 18.0 Å². The molecular formula is C10H16N2O2. The molecule has 1 rings (SSSR count).